The molecule has 0 unspecified atom stereocenters. The molecule has 4 aromatic rings. The molecule has 0 aliphatic heterocycles. The van der Waals surface area contributed by atoms with Crippen molar-refractivity contribution in [3.05, 3.63) is 118 Å². The van der Waals surface area contributed by atoms with Gasteiger partial charge in [0, 0.05) is 4.88 Å². The van der Waals surface area contributed by atoms with Gasteiger partial charge in [-0.05, 0) is 55.1 Å². The molecule has 4 rings (SSSR count). The number of hydrogen-bond acceptors (Lipinski definition) is 5. The quantitative estimate of drug-likeness (QED) is 0.251. The van der Waals surface area contributed by atoms with Crippen LogP contribution in [0.3, 0.4) is 0 Å². The van der Waals surface area contributed by atoms with E-state index in [4.69, 9.17) is 0 Å². The molecular weight excluding hydrogens is 478 g/mol. The summed E-state index contributed by atoms with van der Waals surface area (Å²) in [7, 11) is -3.97. The summed E-state index contributed by atoms with van der Waals surface area (Å²) in [6.07, 6.45) is 0. The Bertz CT molecular complexity index is 1430. The van der Waals surface area contributed by atoms with Crippen molar-refractivity contribution in [2.45, 2.75) is 25.3 Å². The van der Waals surface area contributed by atoms with Crippen LogP contribution in [0.2, 0.25) is 0 Å². The first-order valence-corrected chi connectivity index (χ1v) is 13.3. The van der Waals surface area contributed by atoms with Crippen LogP contribution in [-0.4, -0.2) is 20.0 Å². The van der Waals surface area contributed by atoms with Crippen molar-refractivity contribution >= 4 is 38.7 Å². The number of carbonyl (C=O) groups is 1. The van der Waals surface area contributed by atoms with Crippen LogP contribution in [0.25, 0.3) is 0 Å². The first kappa shape index (κ1) is 24.4. The number of sulfonamides is 1. The zero-order valence-corrected chi connectivity index (χ0v) is 21.0. The predicted octanol–water partition coefficient (Wildman–Crippen LogP) is 5.61. The highest BCUT2D eigenvalue weighted by Gasteiger charge is 2.28. The predicted molar refractivity (Wildman–Crippen MR) is 141 cm³/mol. The van der Waals surface area contributed by atoms with Gasteiger partial charge in [-0.2, -0.15) is 5.10 Å². The highest BCUT2D eigenvalue weighted by molar-refractivity contribution is 7.92. The molecule has 0 saturated carbocycles. The minimum Gasteiger partial charge on any atom is -0.267 e. The second kappa shape index (κ2) is 10.7. The lowest BCUT2D eigenvalue weighted by Crippen LogP contribution is -2.33. The van der Waals surface area contributed by atoms with E-state index in [1.54, 1.807) is 48.5 Å². The monoisotopic (exact) mass is 503 g/mol. The van der Waals surface area contributed by atoms with Crippen molar-refractivity contribution in [2.24, 2.45) is 5.10 Å². The van der Waals surface area contributed by atoms with Gasteiger partial charge in [0.25, 0.3) is 15.9 Å². The summed E-state index contributed by atoms with van der Waals surface area (Å²) in [6, 6.07) is 26.5. The molecule has 6 nitrogen and oxygen atoms in total. The van der Waals surface area contributed by atoms with Crippen LogP contribution in [0.4, 0.5) is 5.69 Å². The summed E-state index contributed by atoms with van der Waals surface area (Å²) in [5.74, 6) is -0.492. The van der Waals surface area contributed by atoms with E-state index in [9.17, 15) is 13.2 Å². The minimum absolute atomic E-state index is 0.0683. The molecule has 1 heterocycles. The summed E-state index contributed by atoms with van der Waals surface area (Å²) in [4.78, 5) is 14.3. The topological polar surface area (TPSA) is 78.8 Å². The van der Waals surface area contributed by atoms with E-state index >= 15 is 0 Å². The van der Waals surface area contributed by atoms with Crippen molar-refractivity contribution in [3.63, 3.8) is 0 Å². The fraction of sp³-hybridized carbons (Fsp3) is 0.111. The molecule has 3 aromatic carbocycles. The van der Waals surface area contributed by atoms with E-state index in [-0.39, 0.29) is 22.7 Å². The summed E-state index contributed by atoms with van der Waals surface area (Å²) in [5, 5.41) is 6.15. The zero-order chi connectivity index (χ0) is 24.8. The van der Waals surface area contributed by atoms with Gasteiger partial charge in [0.05, 0.1) is 28.4 Å². The van der Waals surface area contributed by atoms with Gasteiger partial charge < -0.3 is 0 Å². The van der Waals surface area contributed by atoms with Gasteiger partial charge in [0.2, 0.25) is 0 Å². The summed E-state index contributed by atoms with van der Waals surface area (Å²) < 4.78 is 28.9. The highest BCUT2D eigenvalue weighted by atomic mass is 32.2. The average molecular weight is 504 g/mol. The SMILES string of the molecule is C/C(=N/NC(=O)c1ccccc1N(Cc1ccccc1)S(=O)(=O)c1ccc(C)cc1)c1cccs1. The molecule has 0 bridgehead atoms. The fourth-order valence-electron chi connectivity index (χ4n) is 3.50. The first-order valence-electron chi connectivity index (χ1n) is 11.0. The number of benzene rings is 3. The van der Waals surface area contributed by atoms with E-state index in [2.05, 4.69) is 10.5 Å². The molecule has 0 radical (unpaired) electrons. The number of hydrazone groups is 1. The second-order valence-electron chi connectivity index (χ2n) is 7.94. The van der Waals surface area contributed by atoms with E-state index in [0.717, 1.165) is 16.0 Å². The van der Waals surface area contributed by atoms with Gasteiger partial charge in [-0.3, -0.25) is 9.10 Å². The third-order valence-corrected chi connectivity index (χ3v) is 8.15. The Labute approximate surface area is 209 Å². The number of thiophene rings is 1. The maximum absolute atomic E-state index is 13.8. The normalized spacial score (nSPS) is 11.8. The summed E-state index contributed by atoms with van der Waals surface area (Å²) in [6.45, 7) is 3.77. The van der Waals surface area contributed by atoms with Gasteiger partial charge in [-0.25, -0.2) is 13.8 Å². The Morgan fingerprint density at radius 3 is 2.29 bits per heavy atom. The molecule has 178 valence electrons. The van der Waals surface area contributed by atoms with Crippen molar-refractivity contribution in [1.29, 1.82) is 0 Å². The summed E-state index contributed by atoms with van der Waals surface area (Å²) in [5.41, 5.74) is 5.48. The van der Waals surface area contributed by atoms with Crippen LogP contribution < -0.4 is 9.73 Å². The van der Waals surface area contributed by atoms with Gasteiger partial charge >= 0.3 is 0 Å². The van der Waals surface area contributed by atoms with Crippen LogP contribution in [0, 0.1) is 6.92 Å². The number of nitrogens with zero attached hydrogens (tertiary/aromatic N) is 2. The lowest BCUT2D eigenvalue weighted by atomic mass is 10.1. The van der Waals surface area contributed by atoms with Crippen LogP contribution >= 0.6 is 11.3 Å². The molecule has 0 fully saturated rings. The number of hydrogen-bond donors (Lipinski definition) is 1. The Hall–Kier alpha value is -3.75. The average Bonchev–Trinajstić information content (AvgIpc) is 3.42. The van der Waals surface area contributed by atoms with Crippen LogP contribution in [0.1, 0.15) is 33.3 Å². The minimum atomic E-state index is -3.97. The molecule has 8 heteroatoms. The molecule has 0 spiro atoms. The molecule has 0 atom stereocenters. The van der Waals surface area contributed by atoms with E-state index < -0.39 is 15.9 Å². The lowest BCUT2D eigenvalue weighted by Gasteiger charge is -2.26. The Balaban J connectivity index is 1.74. The van der Waals surface area contributed by atoms with Crippen LogP contribution in [0.5, 0.6) is 0 Å². The lowest BCUT2D eigenvalue weighted by molar-refractivity contribution is 0.0955. The third-order valence-electron chi connectivity index (χ3n) is 5.40. The standard InChI is InChI=1S/C27H25N3O3S2/c1-20-14-16-23(17-15-20)35(32,33)30(19-22-9-4-3-5-10-22)25-12-7-6-11-24(25)27(31)29-28-21(2)26-13-8-18-34-26/h3-18H,19H2,1-2H3,(H,29,31)/b28-21-. The Morgan fingerprint density at radius 1 is 0.914 bits per heavy atom. The fourth-order valence-corrected chi connectivity index (χ4v) is 5.65. The molecule has 1 amide bonds. The molecule has 1 aromatic heterocycles. The smallest absolute Gasteiger partial charge is 0.267 e. The van der Waals surface area contributed by atoms with Gasteiger partial charge in [-0.1, -0.05) is 66.2 Å². The zero-order valence-electron chi connectivity index (χ0n) is 19.4. The first-order chi connectivity index (χ1) is 16.9. The largest absolute Gasteiger partial charge is 0.273 e. The maximum atomic E-state index is 13.8. The van der Waals surface area contributed by atoms with Gasteiger partial charge in [-0.15, -0.1) is 11.3 Å². The van der Waals surface area contributed by atoms with Crippen LogP contribution in [0.15, 0.2) is 106 Å². The molecule has 35 heavy (non-hydrogen) atoms. The Morgan fingerprint density at radius 2 is 1.60 bits per heavy atom. The maximum Gasteiger partial charge on any atom is 0.273 e. The molecule has 0 saturated heterocycles. The second-order valence-corrected chi connectivity index (χ2v) is 10.8. The van der Waals surface area contributed by atoms with Gasteiger partial charge in [0.15, 0.2) is 0 Å². The van der Waals surface area contributed by atoms with Crippen molar-refractivity contribution < 1.29 is 13.2 Å². The Kier molecular flexibility index (Phi) is 7.43. The van der Waals surface area contributed by atoms with E-state index in [1.807, 2.05) is 61.7 Å². The van der Waals surface area contributed by atoms with Crippen molar-refractivity contribution in [3.8, 4) is 0 Å². The highest BCUT2D eigenvalue weighted by Crippen LogP contribution is 2.29. The molecule has 0 aliphatic rings. The van der Waals surface area contributed by atoms with Crippen LogP contribution in [-0.2, 0) is 16.6 Å². The van der Waals surface area contributed by atoms with Gasteiger partial charge in [0.1, 0.15) is 0 Å². The number of carbonyl (C=O) groups excluding carboxylic acids is 1. The molecule has 0 aliphatic carbocycles. The van der Waals surface area contributed by atoms with E-state index in [1.165, 1.54) is 15.6 Å². The number of anilines is 1. The number of para-hydroxylation sites is 1. The third kappa shape index (κ3) is 5.67. The van der Waals surface area contributed by atoms with Crippen molar-refractivity contribution in [1.82, 2.24) is 5.43 Å². The van der Waals surface area contributed by atoms with E-state index in [0.29, 0.717) is 5.71 Å². The molecular formula is C27H25N3O3S2. The number of aryl methyl sites for hydroxylation is 1. The number of nitrogens with one attached hydrogen (secondary N) is 1. The number of rotatable bonds is 8. The van der Waals surface area contributed by atoms with Crippen molar-refractivity contribution in [2.75, 3.05) is 4.31 Å². The number of amides is 1. The molecule has 1 N–H and O–H groups in total. The summed E-state index contributed by atoms with van der Waals surface area (Å²) >= 11 is 1.52.